The highest BCUT2D eigenvalue weighted by atomic mass is 35.5. The first-order chi connectivity index (χ1) is 8.79. The molecule has 4 heterocycles. The van der Waals surface area contributed by atoms with Crippen LogP contribution >= 0.6 is 11.6 Å². The number of H-pyrrole nitrogens is 1. The van der Waals surface area contributed by atoms with E-state index in [0.29, 0.717) is 17.2 Å². The molecule has 0 spiro atoms. The van der Waals surface area contributed by atoms with E-state index in [2.05, 4.69) is 25.4 Å². The van der Waals surface area contributed by atoms with Crippen molar-refractivity contribution in [3.8, 4) is 0 Å². The lowest BCUT2D eigenvalue weighted by Crippen LogP contribution is -2.51. The van der Waals surface area contributed by atoms with E-state index in [4.69, 9.17) is 11.6 Å². The summed E-state index contributed by atoms with van der Waals surface area (Å²) in [5, 5.41) is 12.6. The summed E-state index contributed by atoms with van der Waals surface area (Å²) in [7, 11) is 0. The zero-order chi connectivity index (χ0) is 12.1. The topological polar surface area (TPSA) is 56.8 Å². The van der Waals surface area contributed by atoms with Gasteiger partial charge >= 0.3 is 0 Å². The molecule has 2 fully saturated rings. The second-order valence-electron chi connectivity index (χ2n) is 5.14. The van der Waals surface area contributed by atoms with E-state index in [-0.39, 0.29) is 0 Å². The molecule has 0 amide bonds. The molecule has 2 aromatic heterocycles. The number of anilines is 1. The van der Waals surface area contributed by atoms with Gasteiger partial charge in [0.25, 0.3) is 0 Å². The number of pyridine rings is 1. The predicted octanol–water partition coefficient (Wildman–Crippen LogP) is 1.55. The molecule has 2 aliphatic rings. The Hall–Kier alpha value is -1.33. The minimum Gasteiger partial charge on any atom is -0.351 e. The standard InChI is InChI=1S/C12H14ClN5/c13-11-3-10-9(4-14-11)12(17-16-10)18-5-7-1-2-8(6-18)15-7/h3-4,7-8,15H,1-2,5-6H2,(H,16,17). The van der Waals surface area contributed by atoms with Crippen molar-refractivity contribution in [2.24, 2.45) is 0 Å². The summed E-state index contributed by atoms with van der Waals surface area (Å²) >= 11 is 5.89. The molecular formula is C12H14ClN5. The zero-order valence-corrected chi connectivity index (χ0v) is 10.6. The summed E-state index contributed by atoms with van der Waals surface area (Å²) in [6.45, 7) is 2.05. The molecule has 0 aliphatic carbocycles. The lowest BCUT2D eigenvalue weighted by atomic mass is 10.2. The van der Waals surface area contributed by atoms with E-state index in [0.717, 1.165) is 29.8 Å². The van der Waals surface area contributed by atoms with Gasteiger partial charge in [-0.3, -0.25) is 5.10 Å². The second-order valence-corrected chi connectivity index (χ2v) is 5.53. The van der Waals surface area contributed by atoms with Crippen molar-refractivity contribution in [3.05, 3.63) is 17.4 Å². The van der Waals surface area contributed by atoms with Crippen LogP contribution in [0.2, 0.25) is 5.15 Å². The first-order valence-corrected chi connectivity index (χ1v) is 6.68. The summed E-state index contributed by atoms with van der Waals surface area (Å²) in [6.07, 6.45) is 4.35. The minimum absolute atomic E-state index is 0.498. The Balaban J connectivity index is 1.74. The van der Waals surface area contributed by atoms with Gasteiger partial charge in [0.15, 0.2) is 5.82 Å². The number of aromatic nitrogens is 3. The average Bonchev–Trinajstić information content (AvgIpc) is 2.92. The van der Waals surface area contributed by atoms with Crippen molar-refractivity contribution in [2.45, 2.75) is 24.9 Å². The number of nitrogens with one attached hydrogen (secondary N) is 2. The van der Waals surface area contributed by atoms with Crippen LogP contribution in [0, 0.1) is 0 Å². The van der Waals surface area contributed by atoms with E-state index < -0.39 is 0 Å². The van der Waals surface area contributed by atoms with Gasteiger partial charge in [-0.05, 0) is 12.8 Å². The number of rotatable bonds is 1. The van der Waals surface area contributed by atoms with Gasteiger partial charge in [0.05, 0.1) is 10.9 Å². The Labute approximate surface area is 110 Å². The number of piperazine rings is 1. The molecule has 2 aromatic rings. The van der Waals surface area contributed by atoms with Crippen LogP contribution in [0.5, 0.6) is 0 Å². The van der Waals surface area contributed by atoms with Gasteiger partial charge in [0.2, 0.25) is 0 Å². The highest BCUT2D eigenvalue weighted by Crippen LogP contribution is 2.29. The molecule has 2 atom stereocenters. The molecule has 2 unspecified atom stereocenters. The highest BCUT2D eigenvalue weighted by Gasteiger charge is 2.33. The monoisotopic (exact) mass is 263 g/mol. The third-order valence-electron chi connectivity index (χ3n) is 3.91. The Morgan fingerprint density at radius 3 is 2.83 bits per heavy atom. The van der Waals surface area contributed by atoms with Crippen LogP contribution in [0.15, 0.2) is 12.3 Å². The van der Waals surface area contributed by atoms with Crippen molar-refractivity contribution in [2.75, 3.05) is 18.0 Å². The lowest BCUT2D eigenvalue weighted by molar-refractivity contribution is 0.464. The smallest absolute Gasteiger partial charge is 0.159 e. The molecule has 0 saturated carbocycles. The first-order valence-electron chi connectivity index (χ1n) is 6.30. The molecule has 0 aromatic carbocycles. The fourth-order valence-electron chi connectivity index (χ4n) is 3.08. The second kappa shape index (κ2) is 3.83. The molecular weight excluding hydrogens is 250 g/mol. The van der Waals surface area contributed by atoms with Gasteiger partial charge in [-0.2, -0.15) is 5.10 Å². The van der Waals surface area contributed by atoms with Gasteiger partial charge in [-0.25, -0.2) is 4.98 Å². The summed E-state index contributed by atoms with van der Waals surface area (Å²) < 4.78 is 0. The maximum Gasteiger partial charge on any atom is 0.159 e. The van der Waals surface area contributed by atoms with E-state index in [9.17, 15) is 0 Å². The van der Waals surface area contributed by atoms with Crippen LogP contribution in [0.3, 0.4) is 0 Å². The van der Waals surface area contributed by atoms with Gasteiger partial charge in [-0.15, -0.1) is 0 Å². The number of halogens is 1. The van der Waals surface area contributed by atoms with Crippen LogP contribution in [0.4, 0.5) is 5.82 Å². The van der Waals surface area contributed by atoms with Crippen LogP contribution in [-0.4, -0.2) is 40.4 Å². The maximum absolute atomic E-state index is 5.89. The van der Waals surface area contributed by atoms with Gasteiger partial charge in [0.1, 0.15) is 5.15 Å². The van der Waals surface area contributed by atoms with E-state index >= 15 is 0 Å². The van der Waals surface area contributed by atoms with Gasteiger partial charge in [0, 0.05) is 37.4 Å². The quantitative estimate of drug-likeness (QED) is 0.767. The number of fused-ring (bicyclic) bond motifs is 3. The Morgan fingerprint density at radius 1 is 1.28 bits per heavy atom. The Bertz CT molecular complexity index is 583. The molecule has 6 heteroatoms. The third-order valence-corrected chi connectivity index (χ3v) is 4.12. The average molecular weight is 264 g/mol. The number of hydrogen-bond acceptors (Lipinski definition) is 4. The first kappa shape index (κ1) is 10.6. The van der Waals surface area contributed by atoms with Crippen molar-refractivity contribution in [1.29, 1.82) is 0 Å². The zero-order valence-electron chi connectivity index (χ0n) is 9.86. The summed E-state index contributed by atoms with van der Waals surface area (Å²) in [6, 6.07) is 3.04. The van der Waals surface area contributed by atoms with E-state index in [1.165, 1.54) is 12.8 Å². The maximum atomic E-state index is 5.89. The lowest BCUT2D eigenvalue weighted by Gasteiger charge is -2.33. The molecule has 18 heavy (non-hydrogen) atoms. The van der Waals surface area contributed by atoms with E-state index in [1.54, 1.807) is 6.20 Å². The molecule has 2 saturated heterocycles. The predicted molar refractivity (Wildman–Crippen MR) is 71.1 cm³/mol. The molecule has 2 aliphatic heterocycles. The van der Waals surface area contributed by atoms with Crippen molar-refractivity contribution >= 4 is 28.3 Å². The van der Waals surface area contributed by atoms with Crippen molar-refractivity contribution < 1.29 is 0 Å². The van der Waals surface area contributed by atoms with E-state index in [1.807, 2.05) is 6.07 Å². The normalized spacial score (nSPS) is 27.1. The molecule has 2 bridgehead atoms. The molecule has 4 rings (SSSR count). The van der Waals surface area contributed by atoms with Crippen molar-refractivity contribution in [3.63, 3.8) is 0 Å². The fourth-order valence-corrected chi connectivity index (χ4v) is 3.24. The van der Waals surface area contributed by atoms with Gasteiger partial charge < -0.3 is 10.2 Å². The number of aromatic amines is 1. The Morgan fingerprint density at radius 2 is 2.06 bits per heavy atom. The number of nitrogens with zero attached hydrogens (tertiary/aromatic N) is 3. The third kappa shape index (κ3) is 1.58. The largest absolute Gasteiger partial charge is 0.351 e. The van der Waals surface area contributed by atoms with Crippen LogP contribution < -0.4 is 10.2 Å². The number of hydrogen-bond donors (Lipinski definition) is 2. The molecule has 0 radical (unpaired) electrons. The van der Waals surface area contributed by atoms with Crippen molar-refractivity contribution in [1.82, 2.24) is 20.5 Å². The van der Waals surface area contributed by atoms with Crippen LogP contribution in [0.1, 0.15) is 12.8 Å². The fraction of sp³-hybridized carbons (Fsp3) is 0.500. The van der Waals surface area contributed by atoms with Crippen LogP contribution in [-0.2, 0) is 0 Å². The highest BCUT2D eigenvalue weighted by molar-refractivity contribution is 6.30. The SMILES string of the molecule is Clc1cc2[nH]nc(N3CC4CCC(C3)N4)c2cn1. The van der Waals surface area contributed by atoms with Crippen LogP contribution in [0.25, 0.3) is 10.9 Å². The summed E-state index contributed by atoms with van der Waals surface area (Å²) in [5.74, 6) is 1.01. The van der Waals surface area contributed by atoms with Gasteiger partial charge in [-0.1, -0.05) is 11.6 Å². The molecule has 94 valence electrons. The molecule has 5 nitrogen and oxygen atoms in total. The minimum atomic E-state index is 0.498. The Kier molecular flexibility index (Phi) is 2.25. The summed E-state index contributed by atoms with van der Waals surface area (Å²) in [5.41, 5.74) is 0.955. The summed E-state index contributed by atoms with van der Waals surface area (Å²) in [4.78, 5) is 6.51. The molecule has 2 N–H and O–H groups in total.